The number of aliphatic hydroxyl groups is 5. The van der Waals surface area contributed by atoms with Crippen molar-refractivity contribution in [2.24, 2.45) is 56.7 Å². The normalized spacial score (nSPS) is 63.5. The monoisotopic (exact) mass is 648 g/mol. The van der Waals surface area contributed by atoms with Crippen molar-refractivity contribution >= 4 is 5.97 Å². The molecule has 5 saturated carbocycles. The molecule has 4 heterocycles. The van der Waals surface area contributed by atoms with Crippen LogP contribution < -0.4 is 0 Å². The Morgan fingerprint density at radius 2 is 1.54 bits per heavy atom. The molecular formula is C36H56O10. The number of fused-ring (bicyclic) bond motifs is 6. The Labute approximate surface area is 272 Å². The first-order valence-corrected chi connectivity index (χ1v) is 18.0. The summed E-state index contributed by atoms with van der Waals surface area (Å²) < 4.78 is 24.3. The van der Waals surface area contributed by atoms with Crippen molar-refractivity contribution in [3.05, 3.63) is 0 Å². The Morgan fingerprint density at radius 1 is 0.804 bits per heavy atom. The Hall–Kier alpha value is -0.850. The fourth-order valence-corrected chi connectivity index (χ4v) is 14.0. The van der Waals surface area contributed by atoms with Gasteiger partial charge in [-0.2, -0.15) is 0 Å². The maximum Gasteiger partial charge on any atom is 0.315 e. The summed E-state index contributed by atoms with van der Waals surface area (Å²) in [6, 6.07) is 0. The number of hydrogen-bond donors (Lipinski definition) is 5. The summed E-state index contributed by atoms with van der Waals surface area (Å²) in [5.41, 5.74) is -1.59. The second-order valence-electron chi connectivity index (χ2n) is 18.1. The first kappa shape index (κ1) is 32.4. The van der Waals surface area contributed by atoms with E-state index in [4.69, 9.17) is 18.9 Å². The van der Waals surface area contributed by atoms with Crippen LogP contribution in [0, 0.1) is 56.7 Å². The molecule has 10 nitrogen and oxygen atoms in total. The summed E-state index contributed by atoms with van der Waals surface area (Å²) in [4.78, 5) is 13.7. The van der Waals surface area contributed by atoms with Crippen LogP contribution in [0.3, 0.4) is 0 Å². The van der Waals surface area contributed by atoms with Crippen LogP contribution in [0.4, 0.5) is 0 Å². The summed E-state index contributed by atoms with van der Waals surface area (Å²) in [5, 5.41) is 52.5. The number of aliphatic hydroxyl groups excluding tert-OH is 5. The predicted octanol–water partition coefficient (Wildman–Crippen LogP) is 2.55. The lowest BCUT2D eigenvalue weighted by Gasteiger charge is -2.74. The second kappa shape index (κ2) is 9.89. The molecule has 4 aliphatic heterocycles. The molecule has 9 rings (SSSR count). The molecule has 19 atom stereocenters. The van der Waals surface area contributed by atoms with Crippen LogP contribution in [0.5, 0.6) is 0 Å². The van der Waals surface area contributed by atoms with Crippen molar-refractivity contribution in [3.63, 3.8) is 0 Å². The number of hydrogen-bond acceptors (Lipinski definition) is 10. The quantitative estimate of drug-likeness (QED) is 0.227. The highest BCUT2D eigenvalue weighted by atomic mass is 16.7. The Bertz CT molecular complexity index is 1280. The largest absolute Gasteiger partial charge is 0.456 e. The highest BCUT2D eigenvalue weighted by Gasteiger charge is 2.84. The van der Waals surface area contributed by atoms with Gasteiger partial charge in [0.1, 0.15) is 47.6 Å². The molecular weight excluding hydrogens is 592 g/mol. The molecule has 10 heteroatoms. The van der Waals surface area contributed by atoms with E-state index in [0.717, 1.165) is 44.9 Å². The van der Waals surface area contributed by atoms with Crippen molar-refractivity contribution < 1.29 is 49.3 Å². The van der Waals surface area contributed by atoms with Gasteiger partial charge in [-0.05, 0) is 98.2 Å². The molecule has 0 radical (unpaired) electrons. The molecule has 0 aromatic rings. The molecule has 19 unspecified atom stereocenters. The van der Waals surface area contributed by atoms with Crippen molar-refractivity contribution in [1.29, 1.82) is 0 Å². The molecule has 9 aliphatic rings. The zero-order chi connectivity index (χ0) is 33.0. The van der Waals surface area contributed by atoms with Crippen LogP contribution in [0.2, 0.25) is 0 Å². The van der Waals surface area contributed by atoms with Crippen molar-refractivity contribution in [1.82, 2.24) is 0 Å². The average Bonchev–Trinajstić information content (AvgIpc) is 3.83. The topological polar surface area (TPSA) is 158 Å². The van der Waals surface area contributed by atoms with Gasteiger partial charge in [-0.3, -0.25) is 4.79 Å². The first-order valence-electron chi connectivity index (χ1n) is 18.0. The fraction of sp³-hybridized carbons (Fsp3) is 0.972. The number of carbonyl (C=O) groups excluding carboxylic acids is 1. The first-order chi connectivity index (χ1) is 21.5. The lowest BCUT2D eigenvalue weighted by Crippen LogP contribution is -2.74. The number of ether oxygens (including phenoxy) is 4. The van der Waals surface area contributed by atoms with E-state index in [1.165, 1.54) is 0 Å². The van der Waals surface area contributed by atoms with Crippen LogP contribution in [-0.2, 0) is 23.7 Å². The third kappa shape index (κ3) is 3.64. The fourth-order valence-electron chi connectivity index (χ4n) is 14.0. The molecule has 9 fully saturated rings. The van der Waals surface area contributed by atoms with Gasteiger partial charge < -0.3 is 44.5 Å². The molecule has 0 amide bonds. The van der Waals surface area contributed by atoms with Crippen molar-refractivity contribution in [2.75, 3.05) is 13.2 Å². The Morgan fingerprint density at radius 3 is 2.26 bits per heavy atom. The van der Waals surface area contributed by atoms with E-state index in [1.807, 2.05) is 0 Å². The molecule has 2 bridgehead atoms. The molecule has 1 spiro atoms. The van der Waals surface area contributed by atoms with Gasteiger partial charge in [0, 0.05) is 11.3 Å². The number of epoxide rings is 1. The molecule has 0 aromatic carbocycles. The van der Waals surface area contributed by atoms with Crippen molar-refractivity contribution in [2.45, 2.75) is 148 Å². The van der Waals surface area contributed by atoms with Crippen LogP contribution in [0.15, 0.2) is 0 Å². The van der Waals surface area contributed by atoms with E-state index < -0.39 is 59.8 Å². The third-order valence-corrected chi connectivity index (χ3v) is 16.9. The number of esters is 1. The average molecular weight is 649 g/mol. The Balaban J connectivity index is 1.07. The lowest BCUT2D eigenvalue weighted by atomic mass is 9.30. The maximum atomic E-state index is 13.7. The van der Waals surface area contributed by atoms with E-state index in [9.17, 15) is 30.3 Å². The second-order valence-corrected chi connectivity index (χ2v) is 18.1. The van der Waals surface area contributed by atoms with E-state index in [2.05, 4.69) is 41.5 Å². The number of carbonyl (C=O) groups is 1. The van der Waals surface area contributed by atoms with Gasteiger partial charge in [0.15, 0.2) is 6.29 Å². The standard InChI is InChI=1S/C36H56O10/c1-17-23-18-7-8-21-31(2)11-10-22(38)32(3,16-43-29-26(41)25(40)24(39)19(15-37)44-29)20(31)9-12-34(21,5)33(18,4)13-14-36(23)28-27(45-28)35(17,6)46-30(36)42/h17-29,37-41H,7-16H2,1-6H3. The maximum absolute atomic E-state index is 13.7. The van der Waals surface area contributed by atoms with E-state index in [1.54, 1.807) is 0 Å². The minimum Gasteiger partial charge on any atom is -0.456 e. The van der Waals surface area contributed by atoms with Gasteiger partial charge in [0.05, 0.1) is 19.3 Å². The molecule has 0 aromatic heterocycles. The van der Waals surface area contributed by atoms with Gasteiger partial charge in [-0.25, -0.2) is 0 Å². The van der Waals surface area contributed by atoms with Gasteiger partial charge in [-0.1, -0.05) is 34.6 Å². The van der Waals surface area contributed by atoms with Crippen LogP contribution in [-0.4, -0.2) is 99.3 Å². The summed E-state index contributed by atoms with van der Waals surface area (Å²) >= 11 is 0. The Kier molecular flexibility index (Phi) is 6.96. The van der Waals surface area contributed by atoms with E-state index in [-0.39, 0.29) is 58.8 Å². The van der Waals surface area contributed by atoms with Crippen LogP contribution >= 0.6 is 0 Å². The van der Waals surface area contributed by atoms with Gasteiger partial charge in [-0.15, -0.1) is 0 Å². The smallest absolute Gasteiger partial charge is 0.315 e. The minimum absolute atomic E-state index is 0.00696. The summed E-state index contributed by atoms with van der Waals surface area (Å²) in [7, 11) is 0. The van der Waals surface area contributed by atoms with E-state index in [0.29, 0.717) is 18.3 Å². The molecule has 5 aliphatic carbocycles. The highest BCUT2D eigenvalue weighted by molar-refractivity contribution is 5.82. The summed E-state index contributed by atoms with van der Waals surface area (Å²) in [6.45, 7) is 13.7. The predicted molar refractivity (Wildman–Crippen MR) is 164 cm³/mol. The summed E-state index contributed by atoms with van der Waals surface area (Å²) in [6.07, 6.45) is 0.320. The van der Waals surface area contributed by atoms with Gasteiger partial charge in [0.2, 0.25) is 0 Å². The lowest BCUT2D eigenvalue weighted by molar-refractivity contribution is -0.318. The van der Waals surface area contributed by atoms with Crippen LogP contribution in [0.25, 0.3) is 0 Å². The molecule has 4 saturated heterocycles. The summed E-state index contributed by atoms with van der Waals surface area (Å²) in [5.74, 6) is 1.52. The highest BCUT2D eigenvalue weighted by Crippen LogP contribution is 2.79. The molecule has 46 heavy (non-hydrogen) atoms. The van der Waals surface area contributed by atoms with Gasteiger partial charge >= 0.3 is 5.97 Å². The number of rotatable bonds is 4. The third-order valence-electron chi connectivity index (χ3n) is 16.9. The van der Waals surface area contributed by atoms with Gasteiger partial charge in [0.25, 0.3) is 0 Å². The van der Waals surface area contributed by atoms with Crippen molar-refractivity contribution in [3.8, 4) is 0 Å². The zero-order valence-corrected chi connectivity index (χ0v) is 28.4. The SMILES string of the molecule is CC1C2C3CCC4C5(C)CCC(O)C(C)(COC6OC(CO)C(O)C(O)C6O)C5CCC4(C)C3(C)CCC23C(=O)OC1(C)C1OC13. The van der Waals surface area contributed by atoms with E-state index >= 15 is 0 Å². The molecule has 5 N–H and O–H groups in total. The minimum atomic E-state index is -1.50. The molecule has 260 valence electrons. The van der Waals surface area contributed by atoms with Crippen LogP contribution in [0.1, 0.15) is 92.9 Å². The zero-order valence-electron chi connectivity index (χ0n) is 28.4.